The summed E-state index contributed by atoms with van der Waals surface area (Å²) in [5.74, 6) is -0.0391. The highest BCUT2D eigenvalue weighted by atomic mass is 16.2. The number of carbonyl (C=O) groups is 2. The Hall–Kier alpha value is -2.17. The maximum atomic E-state index is 12.0. The zero-order chi connectivity index (χ0) is 14.7. The van der Waals surface area contributed by atoms with Crippen molar-refractivity contribution in [1.29, 1.82) is 0 Å². The van der Waals surface area contributed by atoms with Crippen molar-refractivity contribution in [1.82, 2.24) is 15.6 Å². The number of nitrogens with zero attached hydrogens (tertiary/aromatic N) is 1. The largest absolute Gasteiger partial charge is 0.356 e. The first kappa shape index (κ1) is 13.8. The highest BCUT2D eigenvalue weighted by Crippen LogP contribution is 2.43. The third-order valence-electron chi connectivity index (χ3n) is 4.39. The predicted molar refractivity (Wildman–Crippen MR) is 78.3 cm³/mol. The average Bonchev–Trinajstić information content (AvgIpc) is 2.86. The number of aromatic nitrogens is 1. The summed E-state index contributed by atoms with van der Waals surface area (Å²) < 4.78 is 0. The Morgan fingerprint density at radius 1 is 1.38 bits per heavy atom. The molecule has 110 valence electrons. The SMILES string of the molecule is O=C(NC=C1CCCC2(CCNC2=O)C1)c1ccccn1. The van der Waals surface area contributed by atoms with Gasteiger partial charge in [0, 0.05) is 18.9 Å². The Morgan fingerprint density at radius 2 is 2.29 bits per heavy atom. The Morgan fingerprint density at radius 3 is 3.00 bits per heavy atom. The normalized spacial score (nSPS) is 26.9. The Bertz CT molecular complexity index is 582. The van der Waals surface area contributed by atoms with Gasteiger partial charge >= 0.3 is 0 Å². The van der Waals surface area contributed by atoms with Gasteiger partial charge in [-0.2, -0.15) is 0 Å². The molecule has 1 aromatic rings. The molecule has 1 aliphatic carbocycles. The molecule has 1 spiro atoms. The summed E-state index contributed by atoms with van der Waals surface area (Å²) in [7, 11) is 0. The number of allylic oxidation sites excluding steroid dienone is 1. The van der Waals surface area contributed by atoms with Crippen LogP contribution in [0.2, 0.25) is 0 Å². The third-order valence-corrected chi connectivity index (χ3v) is 4.39. The Kier molecular flexibility index (Phi) is 3.73. The minimum atomic E-state index is -0.236. The Balaban J connectivity index is 1.66. The quantitative estimate of drug-likeness (QED) is 0.870. The van der Waals surface area contributed by atoms with Crippen LogP contribution >= 0.6 is 0 Å². The molecule has 1 saturated heterocycles. The average molecular weight is 285 g/mol. The van der Waals surface area contributed by atoms with Crippen LogP contribution in [0.1, 0.15) is 42.6 Å². The van der Waals surface area contributed by atoms with Gasteiger partial charge in [0.15, 0.2) is 0 Å². The molecule has 5 nitrogen and oxygen atoms in total. The van der Waals surface area contributed by atoms with Gasteiger partial charge in [-0.15, -0.1) is 0 Å². The van der Waals surface area contributed by atoms with E-state index < -0.39 is 0 Å². The van der Waals surface area contributed by atoms with Gasteiger partial charge in [-0.25, -0.2) is 0 Å². The van der Waals surface area contributed by atoms with Crippen LogP contribution in [0.25, 0.3) is 0 Å². The van der Waals surface area contributed by atoms with Crippen LogP contribution in [0, 0.1) is 5.41 Å². The molecule has 0 radical (unpaired) electrons. The van der Waals surface area contributed by atoms with E-state index in [0.717, 1.165) is 44.2 Å². The summed E-state index contributed by atoms with van der Waals surface area (Å²) in [6.07, 6.45) is 7.91. The van der Waals surface area contributed by atoms with Gasteiger partial charge in [-0.3, -0.25) is 14.6 Å². The zero-order valence-corrected chi connectivity index (χ0v) is 11.9. The number of rotatable bonds is 2. The van der Waals surface area contributed by atoms with Crippen LogP contribution in [-0.4, -0.2) is 23.3 Å². The van der Waals surface area contributed by atoms with Crippen molar-refractivity contribution >= 4 is 11.8 Å². The van der Waals surface area contributed by atoms with E-state index in [4.69, 9.17) is 0 Å². The molecule has 1 atom stereocenters. The monoisotopic (exact) mass is 285 g/mol. The van der Waals surface area contributed by atoms with E-state index in [1.807, 2.05) is 0 Å². The number of pyridine rings is 1. The van der Waals surface area contributed by atoms with Gasteiger partial charge in [0.1, 0.15) is 5.69 Å². The van der Waals surface area contributed by atoms with Crippen molar-refractivity contribution in [3.8, 4) is 0 Å². The molecular weight excluding hydrogens is 266 g/mol. The summed E-state index contributed by atoms with van der Waals surface area (Å²) >= 11 is 0. The molecule has 2 fully saturated rings. The lowest BCUT2D eigenvalue weighted by Crippen LogP contribution is -2.34. The van der Waals surface area contributed by atoms with Gasteiger partial charge in [0.25, 0.3) is 5.91 Å². The molecule has 2 amide bonds. The van der Waals surface area contributed by atoms with Crippen LogP contribution in [0.3, 0.4) is 0 Å². The fourth-order valence-electron chi connectivity index (χ4n) is 3.25. The maximum absolute atomic E-state index is 12.0. The molecule has 2 N–H and O–H groups in total. The minimum absolute atomic E-state index is 0.171. The molecule has 2 aliphatic rings. The second kappa shape index (κ2) is 5.68. The van der Waals surface area contributed by atoms with Gasteiger partial charge in [0.05, 0.1) is 5.41 Å². The fourth-order valence-corrected chi connectivity index (χ4v) is 3.25. The molecule has 1 saturated carbocycles. The van der Waals surface area contributed by atoms with Crippen molar-refractivity contribution < 1.29 is 9.59 Å². The van der Waals surface area contributed by atoms with Crippen LogP contribution in [-0.2, 0) is 4.79 Å². The Labute approximate surface area is 123 Å². The zero-order valence-electron chi connectivity index (χ0n) is 11.9. The van der Waals surface area contributed by atoms with E-state index in [1.54, 1.807) is 30.6 Å². The lowest BCUT2D eigenvalue weighted by atomic mass is 9.71. The summed E-state index contributed by atoms with van der Waals surface area (Å²) in [6, 6.07) is 5.24. The predicted octanol–water partition coefficient (Wildman–Crippen LogP) is 1.78. The van der Waals surface area contributed by atoms with Gasteiger partial charge < -0.3 is 10.6 Å². The molecule has 21 heavy (non-hydrogen) atoms. The topological polar surface area (TPSA) is 71.1 Å². The molecule has 0 bridgehead atoms. The van der Waals surface area contributed by atoms with E-state index >= 15 is 0 Å². The summed E-state index contributed by atoms with van der Waals surface area (Å²) in [6.45, 7) is 0.770. The van der Waals surface area contributed by atoms with E-state index in [1.165, 1.54) is 0 Å². The number of hydrogen-bond acceptors (Lipinski definition) is 3. The molecule has 2 heterocycles. The van der Waals surface area contributed by atoms with Crippen molar-refractivity contribution in [3.63, 3.8) is 0 Å². The second-order valence-electron chi connectivity index (χ2n) is 5.81. The van der Waals surface area contributed by atoms with Gasteiger partial charge in [0.2, 0.25) is 5.91 Å². The van der Waals surface area contributed by atoms with Gasteiger partial charge in [-0.05, 0) is 44.2 Å². The number of nitrogens with one attached hydrogen (secondary N) is 2. The minimum Gasteiger partial charge on any atom is -0.356 e. The highest BCUT2D eigenvalue weighted by molar-refractivity contribution is 5.92. The van der Waals surface area contributed by atoms with E-state index in [9.17, 15) is 9.59 Å². The molecule has 1 unspecified atom stereocenters. The van der Waals surface area contributed by atoms with Crippen LogP contribution in [0.5, 0.6) is 0 Å². The summed E-state index contributed by atoms with van der Waals surface area (Å²) in [5.41, 5.74) is 1.31. The molecular formula is C16H19N3O2. The standard InChI is InChI=1S/C16H19N3O2/c20-14(13-5-1-2-8-17-13)19-11-12-4-3-6-16(10-12)7-9-18-15(16)21/h1-2,5,8,11H,3-4,6-7,9-10H2,(H,18,21)(H,19,20). The molecule has 1 aliphatic heterocycles. The third kappa shape index (κ3) is 2.82. The van der Waals surface area contributed by atoms with Crippen molar-refractivity contribution in [3.05, 3.63) is 41.9 Å². The van der Waals surface area contributed by atoms with Crippen LogP contribution in [0.4, 0.5) is 0 Å². The number of carbonyl (C=O) groups excluding carboxylic acids is 2. The number of amides is 2. The van der Waals surface area contributed by atoms with Crippen LogP contribution in [0.15, 0.2) is 36.2 Å². The van der Waals surface area contributed by atoms with Crippen molar-refractivity contribution in [2.75, 3.05) is 6.54 Å². The fraction of sp³-hybridized carbons (Fsp3) is 0.438. The molecule has 3 rings (SSSR count). The first-order valence-corrected chi connectivity index (χ1v) is 7.38. The molecule has 1 aromatic heterocycles. The van der Waals surface area contributed by atoms with E-state index in [0.29, 0.717) is 5.69 Å². The van der Waals surface area contributed by atoms with Crippen molar-refractivity contribution in [2.24, 2.45) is 5.41 Å². The summed E-state index contributed by atoms with van der Waals surface area (Å²) in [4.78, 5) is 28.0. The highest BCUT2D eigenvalue weighted by Gasteiger charge is 2.43. The maximum Gasteiger partial charge on any atom is 0.273 e. The first-order chi connectivity index (χ1) is 10.2. The molecule has 0 aromatic carbocycles. The first-order valence-electron chi connectivity index (χ1n) is 7.38. The number of hydrogen-bond donors (Lipinski definition) is 2. The summed E-state index contributed by atoms with van der Waals surface area (Å²) in [5, 5.41) is 5.72. The van der Waals surface area contributed by atoms with Gasteiger partial charge in [-0.1, -0.05) is 11.6 Å². The van der Waals surface area contributed by atoms with E-state index in [-0.39, 0.29) is 17.2 Å². The smallest absolute Gasteiger partial charge is 0.273 e. The van der Waals surface area contributed by atoms with E-state index in [2.05, 4.69) is 15.6 Å². The lowest BCUT2D eigenvalue weighted by Gasteiger charge is -2.32. The second-order valence-corrected chi connectivity index (χ2v) is 5.81. The van der Waals surface area contributed by atoms with Crippen LogP contribution < -0.4 is 10.6 Å². The van der Waals surface area contributed by atoms with Crippen molar-refractivity contribution in [2.45, 2.75) is 32.1 Å². The lowest BCUT2D eigenvalue weighted by molar-refractivity contribution is -0.128. The molecule has 5 heteroatoms.